The van der Waals surface area contributed by atoms with E-state index >= 15 is 0 Å². The lowest BCUT2D eigenvalue weighted by atomic mass is 10.1. The number of amides is 1. The van der Waals surface area contributed by atoms with Crippen LogP contribution in [0.25, 0.3) is 34.2 Å². The second-order valence-corrected chi connectivity index (χ2v) is 8.99. The summed E-state index contributed by atoms with van der Waals surface area (Å²) in [6, 6.07) is 21.2. The van der Waals surface area contributed by atoms with E-state index in [4.69, 9.17) is 4.42 Å². The van der Waals surface area contributed by atoms with Crippen LogP contribution in [0.3, 0.4) is 0 Å². The number of halogens is 1. The molecule has 5 aromatic rings. The van der Waals surface area contributed by atoms with Gasteiger partial charge in [0.25, 0.3) is 5.91 Å². The summed E-state index contributed by atoms with van der Waals surface area (Å²) in [5.41, 5.74) is 2.49. The van der Waals surface area contributed by atoms with Gasteiger partial charge in [-0.25, -0.2) is 9.37 Å². The highest BCUT2D eigenvalue weighted by atomic mass is 19.1. The van der Waals surface area contributed by atoms with Gasteiger partial charge in [-0.3, -0.25) is 4.79 Å². The molecule has 0 unspecified atom stereocenters. The monoisotopic (exact) mass is 493 g/mol. The molecule has 2 aromatic heterocycles. The molecule has 1 aliphatic rings. The van der Waals surface area contributed by atoms with E-state index in [-0.39, 0.29) is 5.69 Å². The number of carbonyl (C=O) groups excluding carboxylic acids is 1. The molecule has 0 saturated carbocycles. The van der Waals surface area contributed by atoms with Gasteiger partial charge in [-0.05, 0) is 43.2 Å². The number of rotatable bonds is 5. The lowest BCUT2D eigenvalue weighted by molar-refractivity contribution is 0.102. The molecule has 0 saturated heterocycles. The van der Waals surface area contributed by atoms with Crippen molar-refractivity contribution >= 4 is 11.6 Å². The smallest absolute Gasteiger partial charge is 0.256 e. The Morgan fingerprint density at radius 3 is 2.65 bits per heavy atom. The second kappa shape index (κ2) is 9.81. The quantitative estimate of drug-likeness (QED) is 0.307. The van der Waals surface area contributed by atoms with Gasteiger partial charge in [0.15, 0.2) is 11.6 Å². The van der Waals surface area contributed by atoms with Crippen molar-refractivity contribution in [3.05, 3.63) is 96.2 Å². The molecule has 0 bridgehead atoms. The average molecular weight is 494 g/mol. The summed E-state index contributed by atoms with van der Waals surface area (Å²) >= 11 is 0. The molecule has 6 rings (SSSR count). The Morgan fingerprint density at radius 1 is 0.919 bits per heavy atom. The van der Waals surface area contributed by atoms with Crippen LogP contribution in [0.4, 0.5) is 10.1 Å². The topological polar surface area (TPSA) is 85.8 Å². The van der Waals surface area contributed by atoms with Gasteiger partial charge in [0.1, 0.15) is 11.6 Å². The Labute approximate surface area is 213 Å². The van der Waals surface area contributed by atoms with E-state index in [1.807, 2.05) is 30.3 Å². The second-order valence-electron chi connectivity index (χ2n) is 8.99. The predicted octanol–water partition coefficient (Wildman–Crippen LogP) is 6.38. The molecule has 8 heteroatoms. The summed E-state index contributed by atoms with van der Waals surface area (Å²) in [4.78, 5) is 17.7. The molecule has 0 radical (unpaired) electrons. The summed E-state index contributed by atoms with van der Waals surface area (Å²) in [7, 11) is 0. The maximum Gasteiger partial charge on any atom is 0.256 e. The van der Waals surface area contributed by atoms with Crippen molar-refractivity contribution in [3.63, 3.8) is 0 Å². The number of anilines is 1. The lowest BCUT2D eigenvalue weighted by Gasteiger charge is -2.11. The fourth-order valence-corrected chi connectivity index (χ4v) is 4.65. The van der Waals surface area contributed by atoms with E-state index in [9.17, 15) is 9.18 Å². The first-order valence-electron chi connectivity index (χ1n) is 12.3. The Kier molecular flexibility index (Phi) is 6.06. The predicted molar refractivity (Wildman–Crippen MR) is 138 cm³/mol. The number of benzene rings is 3. The minimum atomic E-state index is -0.535. The molecule has 3 aromatic carbocycles. The van der Waals surface area contributed by atoms with Gasteiger partial charge in [-0.2, -0.15) is 0 Å². The van der Waals surface area contributed by atoms with Crippen LogP contribution in [0.2, 0.25) is 0 Å². The van der Waals surface area contributed by atoms with E-state index in [1.54, 1.807) is 42.6 Å². The fourth-order valence-electron chi connectivity index (χ4n) is 4.65. The molecule has 3 heterocycles. The summed E-state index contributed by atoms with van der Waals surface area (Å²) < 4.78 is 22.9. The number of nitrogens with one attached hydrogen (secondary N) is 1. The van der Waals surface area contributed by atoms with Gasteiger partial charge in [0.05, 0.1) is 17.4 Å². The van der Waals surface area contributed by atoms with Crippen molar-refractivity contribution in [1.82, 2.24) is 19.7 Å². The minimum absolute atomic E-state index is 0.0700. The number of carbonyl (C=O) groups is 1. The standard InChI is InChI=1S/C29H24FN5O2/c30-23-15-14-20(27-34-33-26-13-5-2-8-16-35(26)27)17-24(23)32-28(36)21-11-6-7-12-22(21)29-31-18-25(37-29)19-9-3-1-4-10-19/h1,3-4,6-7,9-12,14-15,17-18H,2,5,8,13,16H2,(H,32,36). The van der Waals surface area contributed by atoms with E-state index in [1.165, 1.54) is 6.07 Å². The largest absolute Gasteiger partial charge is 0.436 e. The van der Waals surface area contributed by atoms with Crippen LogP contribution < -0.4 is 5.32 Å². The van der Waals surface area contributed by atoms with Gasteiger partial charge < -0.3 is 14.3 Å². The van der Waals surface area contributed by atoms with Crippen molar-refractivity contribution in [1.29, 1.82) is 0 Å². The molecule has 0 atom stereocenters. The zero-order valence-corrected chi connectivity index (χ0v) is 20.0. The number of aromatic nitrogens is 4. The lowest BCUT2D eigenvalue weighted by Crippen LogP contribution is -2.14. The van der Waals surface area contributed by atoms with E-state index in [0.29, 0.717) is 34.2 Å². The molecule has 1 amide bonds. The van der Waals surface area contributed by atoms with E-state index < -0.39 is 11.7 Å². The van der Waals surface area contributed by atoms with Crippen LogP contribution in [-0.2, 0) is 13.0 Å². The van der Waals surface area contributed by atoms with Gasteiger partial charge in [0, 0.05) is 29.7 Å². The van der Waals surface area contributed by atoms with E-state index in [0.717, 1.165) is 43.6 Å². The Bertz CT molecular complexity index is 1570. The highest BCUT2D eigenvalue weighted by Gasteiger charge is 2.20. The third kappa shape index (κ3) is 4.53. The third-order valence-electron chi connectivity index (χ3n) is 6.55. The normalized spacial score (nSPS) is 13.1. The molecular formula is C29H24FN5O2. The number of hydrogen-bond donors (Lipinski definition) is 1. The van der Waals surface area contributed by atoms with Gasteiger partial charge in [0.2, 0.25) is 5.89 Å². The number of nitrogens with zero attached hydrogens (tertiary/aromatic N) is 4. The Hall–Kier alpha value is -4.59. The molecule has 184 valence electrons. The van der Waals surface area contributed by atoms with E-state index in [2.05, 4.69) is 25.1 Å². The number of fused-ring (bicyclic) bond motifs is 1. The van der Waals surface area contributed by atoms with Crippen molar-refractivity contribution in [2.45, 2.75) is 32.2 Å². The summed E-state index contributed by atoms with van der Waals surface area (Å²) in [5, 5.41) is 11.4. The maximum atomic E-state index is 14.8. The summed E-state index contributed by atoms with van der Waals surface area (Å²) in [5.74, 6) is 1.53. The van der Waals surface area contributed by atoms with Crippen molar-refractivity contribution in [2.24, 2.45) is 0 Å². The maximum absolute atomic E-state index is 14.8. The van der Waals surface area contributed by atoms with Gasteiger partial charge in [-0.1, -0.05) is 48.9 Å². The number of aryl methyl sites for hydroxylation is 1. The first-order valence-corrected chi connectivity index (χ1v) is 12.3. The highest BCUT2D eigenvalue weighted by molar-refractivity contribution is 6.08. The van der Waals surface area contributed by atoms with Gasteiger partial charge in [-0.15, -0.1) is 10.2 Å². The Morgan fingerprint density at radius 2 is 1.76 bits per heavy atom. The van der Waals surface area contributed by atoms with Crippen LogP contribution >= 0.6 is 0 Å². The molecule has 1 N–H and O–H groups in total. The van der Waals surface area contributed by atoms with Crippen molar-refractivity contribution < 1.29 is 13.6 Å². The van der Waals surface area contributed by atoms with Crippen LogP contribution in [0.5, 0.6) is 0 Å². The van der Waals surface area contributed by atoms with Crippen molar-refractivity contribution in [2.75, 3.05) is 5.32 Å². The summed E-state index contributed by atoms with van der Waals surface area (Å²) in [6.45, 7) is 0.825. The molecule has 1 aliphatic heterocycles. The first-order chi connectivity index (χ1) is 18.2. The molecule has 0 fully saturated rings. The Balaban J connectivity index is 1.29. The third-order valence-corrected chi connectivity index (χ3v) is 6.55. The number of oxazole rings is 1. The van der Waals surface area contributed by atoms with Crippen molar-refractivity contribution in [3.8, 4) is 34.2 Å². The zero-order valence-electron chi connectivity index (χ0n) is 20.0. The SMILES string of the molecule is O=C(Nc1cc(-c2nnc3n2CCCCC3)ccc1F)c1ccccc1-c1ncc(-c2ccccc2)o1. The molecular weight excluding hydrogens is 469 g/mol. The number of hydrogen-bond acceptors (Lipinski definition) is 5. The minimum Gasteiger partial charge on any atom is -0.436 e. The highest BCUT2D eigenvalue weighted by Crippen LogP contribution is 2.30. The molecule has 37 heavy (non-hydrogen) atoms. The fraction of sp³-hybridized carbons (Fsp3) is 0.172. The van der Waals surface area contributed by atoms with Crippen LogP contribution in [0, 0.1) is 5.82 Å². The van der Waals surface area contributed by atoms with Crippen LogP contribution in [-0.4, -0.2) is 25.7 Å². The zero-order chi connectivity index (χ0) is 25.2. The molecule has 7 nitrogen and oxygen atoms in total. The van der Waals surface area contributed by atoms with Crippen LogP contribution in [0.1, 0.15) is 35.4 Å². The first kappa shape index (κ1) is 22.8. The molecule has 0 spiro atoms. The van der Waals surface area contributed by atoms with Gasteiger partial charge >= 0.3 is 0 Å². The van der Waals surface area contributed by atoms with Crippen LogP contribution in [0.15, 0.2) is 83.4 Å². The molecule has 0 aliphatic carbocycles. The average Bonchev–Trinajstić information content (AvgIpc) is 3.52. The summed E-state index contributed by atoms with van der Waals surface area (Å²) in [6.07, 6.45) is 5.78.